The van der Waals surface area contributed by atoms with Gasteiger partial charge in [-0.2, -0.15) is 5.26 Å². The lowest BCUT2D eigenvalue weighted by Crippen LogP contribution is -2.13. The van der Waals surface area contributed by atoms with Crippen molar-refractivity contribution in [2.45, 2.75) is 13.5 Å². The highest BCUT2D eigenvalue weighted by atomic mass is 35.5. The number of ether oxygens (including phenoxy) is 2. The van der Waals surface area contributed by atoms with Crippen LogP contribution < -0.4 is 10.1 Å². The molecule has 4 aromatic carbocycles. The number of hydrogen-bond acceptors (Lipinski definition) is 5. The Bertz CT molecular complexity index is 1520. The van der Waals surface area contributed by atoms with Gasteiger partial charge in [-0.25, -0.2) is 4.79 Å². The molecule has 6 nitrogen and oxygen atoms in total. The lowest BCUT2D eigenvalue weighted by Gasteiger charge is -2.11. The number of nitriles is 1. The fourth-order valence-electron chi connectivity index (χ4n) is 3.72. The van der Waals surface area contributed by atoms with Gasteiger partial charge in [0.1, 0.15) is 24.0 Å². The Kier molecular flexibility index (Phi) is 8.19. The molecular weight excluding hydrogens is 488 g/mol. The molecule has 184 valence electrons. The number of nitrogens with one attached hydrogen (secondary N) is 1. The topological polar surface area (TPSA) is 88.4 Å². The minimum Gasteiger partial charge on any atom is -0.487 e. The number of carbonyl (C=O) groups excluding carboxylic acids is 2. The molecular formula is C30H23ClN2O4. The van der Waals surface area contributed by atoms with E-state index in [4.69, 9.17) is 21.1 Å². The van der Waals surface area contributed by atoms with Gasteiger partial charge in [-0.1, -0.05) is 60.1 Å². The number of benzene rings is 4. The number of carbonyl (C=O) groups is 2. The predicted molar refractivity (Wildman–Crippen MR) is 144 cm³/mol. The summed E-state index contributed by atoms with van der Waals surface area (Å²) < 4.78 is 10.9. The largest absolute Gasteiger partial charge is 0.487 e. The van der Waals surface area contributed by atoms with Crippen LogP contribution in [0.15, 0.2) is 90.5 Å². The molecule has 0 aliphatic heterocycles. The van der Waals surface area contributed by atoms with Crippen LogP contribution in [0.5, 0.6) is 5.75 Å². The molecule has 0 spiro atoms. The molecule has 0 bridgehead atoms. The first-order chi connectivity index (χ1) is 18.0. The number of amides is 1. The number of esters is 1. The molecule has 0 aliphatic carbocycles. The van der Waals surface area contributed by atoms with E-state index < -0.39 is 11.9 Å². The maximum absolute atomic E-state index is 12.6. The minimum atomic E-state index is -0.584. The second kappa shape index (κ2) is 11.9. The van der Waals surface area contributed by atoms with E-state index in [2.05, 4.69) is 5.32 Å². The Labute approximate surface area is 219 Å². The Morgan fingerprint density at radius 1 is 1.00 bits per heavy atom. The van der Waals surface area contributed by atoms with Crippen LogP contribution in [0.2, 0.25) is 5.02 Å². The number of anilines is 1. The van der Waals surface area contributed by atoms with Crippen LogP contribution in [-0.2, 0) is 16.1 Å². The molecule has 1 N–H and O–H groups in total. The third-order valence-corrected chi connectivity index (χ3v) is 5.84. The van der Waals surface area contributed by atoms with Gasteiger partial charge in [0, 0.05) is 5.69 Å². The quantitative estimate of drug-likeness (QED) is 0.160. The van der Waals surface area contributed by atoms with Crippen LogP contribution in [0, 0.1) is 11.3 Å². The van der Waals surface area contributed by atoms with Crippen molar-refractivity contribution >= 4 is 46.0 Å². The first-order valence-electron chi connectivity index (χ1n) is 11.6. The predicted octanol–water partition coefficient (Wildman–Crippen LogP) is 6.79. The highest BCUT2D eigenvalue weighted by Gasteiger charge is 2.12. The number of nitrogens with zero attached hydrogens (tertiary/aromatic N) is 1. The first kappa shape index (κ1) is 25.5. The normalized spacial score (nSPS) is 11.0. The minimum absolute atomic E-state index is 0.102. The summed E-state index contributed by atoms with van der Waals surface area (Å²) in [6.45, 7) is 2.34. The summed E-state index contributed by atoms with van der Waals surface area (Å²) in [5, 5.41) is 14.8. The summed E-state index contributed by atoms with van der Waals surface area (Å²) in [6.07, 6.45) is 1.45. The monoisotopic (exact) mass is 510 g/mol. The lowest BCUT2D eigenvalue weighted by atomic mass is 10.1. The Hall–Kier alpha value is -4.60. The SMILES string of the molecule is CCOC(=O)c1ccc(NC(=O)/C(C#N)=C/c2ccc(OCc3cccc4ccccc34)c(Cl)c2)cc1. The maximum Gasteiger partial charge on any atom is 0.338 e. The summed E-state index contributed by atoms with van der Waals surface area (Å²) in [5.41, 5.74) is 2.32. The van der Waals surface area contributed by atoms with Gasteiger partial charge in [-0.15, -0.1) is 0 Å². The highest BCUT2D eigenvalue weighted by molar-refractivity contribution is 6.32. The summed E-state index contributed by atoms with van der Waals surface area (Å²) in [6, 6.07) is 27.3. The molecule has 0 unspecified atom stereocenters. The zero-order valence-electron chi connectivity index (χ0n) is 20.0. The van der Waals surface area contributed by atoms with Crippen molar-refractivity contribution in [3.63, 3.8) is 0 Å². The lowest BCUT2D eigenvalue weighted by molar-refractivity contribution is -0.112. The first-order valence-corrected chi connectivity index (χ1v) is 12.0. The van der Waals surface area contributed by atoms with Crippen molar-refractivity contribution in [2.24, 2.45) is 0 Å². The van der Waals surface area contributed by atoms with Crippen molar-refractivity contribution in [1.29, 1.82) is 5.26 Å². The van der Waals surface area contributed by atoms with Gasteiger partial charge in [0.05, 0.1) is 17.2 Å². The molecule has 4 rings (SSSR count). The van der Waals surface area contributed by atoms with Crippen LogP contribution in [0.1, 0.15) is 28.4 Å². The zero-order valence-corrected chi connectivity index (χ0v) is 20.8. The molecule has 0 saturated heterocycles. The summed E-state index contributed by atoms with van der Waals surface area (Å²) in [4.78, 5) is 24.4. The van der Waals surface area contributed by atoms with Crippen molar-refractivity contribution in [3.8, 4) is 11.8 Å². The van der Waals surface area contributed by atoms with Gasteiger partial charge < -0.3 is 14.8 Å². The van der Waals surface area contributed by atoms with Gasteiger partial charge in [0.25, 0.3) is 5.91 Å². The highest BCUT2D eigenvalue weighted by Crippen LogP contribution is 2.28. The molecule has 0 heterocycles. The molecule has 0 atom stereocenters. The van der Waals surface area contributed by atoms with E-state index in [9.17, 15) is 14.9 Å². The maximum atomic E-state index is 12.6. The fourth-order valence-corrected chi connectivity index (χ4v) is 3.96. The van der Waals surface area contributed by atoms with E-state index in [0.29, 0.717) is 34.2 Å². The second-order valence-electron chi connectivity index (χ2n) is 8.04. The van der Waals surface area contributed by atoms with Crippen LogP contribution in [-0.4, -0.2) is 18.5 Å². The van der Waals surface area contributed by atoms with Crippen LogP contribution >= 0.6 is 11.6 Å². The number of halogens is 1. The number of hydrogen-bond donors (Lipinski definition) is 1. The smallest absolute Gasteiger partial charge is 0.338 e. The molecule has 1 amide bonds. The van der Waals surface area contributed by atoms with E-state index in [1.807, 2.05) is 48.5 Å². The van der Waals surface area contributed by atoms with Gasteiger partial charge >= 0.3 is 5.97 Å². The van der Waals surface area contributed by atoms with E-state index in [1.54, 1.807) is 49.4 Å². The molecule has 0 saturated carbocycles. The molecule has 37 heavy (non-hydrogen) atoms. The molecule has 0 aromatic heterocycles. The third-order valence-electron chi connectivity index (χ3n) is 5.55. The van der Waals surface area contributed by atoms with Crippen molar-refractivity contribution in [1.82, 2.24) is 0 Å². The molecule has 0 radical (unpaired) electrons. The zero-order chi connectivity index (χ0) is 26.2. The summed E-state index contributed by atoms with van der Waals surface area (Å²) in [5.74, 6) is -0.533. The van der Waals surface area contributed by atoms with E-state index in [1.165, 1.54) is 6.08 Å². The van der Waals surface area contributed by atoms with Crippen LogP contribution in [0.3, 0.4) is 0 Å². The van der Waals surface area contributed by atoms with Crippen LogP contribution in [0.4, 0.5) is 5.69 Å². The Morgan fingerprint density at radius 3 is 2.49 bits per heavy atom. The molecule has 0 aliphatic rings. The molecule has 4 aromatic rings. The van der Waals surface area contributed by atoms with Crippen LogP contribution in [0.25, 0.3) is 16.8 Å². The molecule has 7 heteroatoms. The summed E-state index contributed by atoms with van der Waals surface area (Å²) >= 11 is 6.44. The molecule has 0 fully saturated rings. The van der Waals surface area contributed by atoms with Gasteiger partial charge in [0.15, 0.2) is 0 Å². The van der Waals surface area contributed by atoms with Crippen molar-refractivity contribution < 1.29 is 19.1 Å². The number of fused-ring (bicyclic) bond motifs is 1. The van der Waals surface area contributed by atoms with Crippen molar-refractivity contribution in [2.75, 3.05) is 11.9 Å². The Balaban J connectivity index is 1.43. The number of rotatable bonds is 8. The van der Waals surface area contributed by atoms with Crippen molar-refractivity contribution in [3.05, 3.63) is 112 Å². The van der Waals surface area contributed by atoms with E-state index in [-0.39, 0.29) is 12.2 Å². The standard InChI is InChI=1S/C30H23ClN2O4/c1-2-36-30(35)22-11-13-25(14-12-22)33-29(34)24(18-32)16-20-10-15-28(27(31)17-20)37-19-23-8-5-7-21-6-3-4-9-26(21)23/h3-17H,2,19H2,1H3,(H,33,34)/b24-16+. The van der Waals surface area contributed by atoms with Gasteiger partial charge in [-0.05, 0) is 71.3 Å². The third kappa shape index (κ3) is 6.35. The van der Waals surface area contributed by atoms with Gasteiger partial charge in [0.2, 0.25) is 0 Å². The van der Waals surface area contributed by atoms with E-state index >= 15 is 0 Å². The Morgan fingerprint density at radius 2 is 1.76 bits per heavy atom. The van der Waals surface area contributed by atoms with Gasteiger partial charge in [-0.3, -0.25) is 4.79 Å². The summed E-state index contributed by atoms with van der Waals surface area (Å²) in [7, 11) is 0. The average molecular weight is 511 g/mol. The second-order valence-corrected chi connectivity index (χ2v) is 8.45. The fraction of sp³-hybridized carbons (Fsp3) is 0.100. The van der Waals surface area contributed by atoms with E-state index in [0.717, 1.165) is 16.3 Å². The average Bonchev–Trinajstić information content (AvgIpc) is 2.91.